The molecule has 0 heterocycles. The summed E-state index contributed by atoms with van der Waals surface area (Å²) in [5.41, 5.74) is 4.65. The van der Waals surface area contributed by atoms with E-state index in [9.17, 15) is 9.59 Å². The summed E-state index contributed by atoms with van der Waals surface area (Å²) < 4.78 is 5.79. The SMILES string of the molecule is CC(C)(C)c1ccc(C(=O)Nc2cccc(NC(=S)NC(=O)c3ccc(OCCc4ccccc4)cc3)c2)cc1. The van der Waals surface area contributed by atoms with Crippen molar-refractivity contribution in [3.63, 3.8) is 0 Å². The molecule has 4 aromatic carbocycles. The summed E-state index contributed by atoms with van der Waals surface area (Å²) in [5, 5.41) is 8.74. The molecule has 0 unspecified atom stereocenters. The topological polar surface area (TPSA) is 79.5 Å². The van der Waals surface area contributed by atoms with Crippen LogP contribution in [0.15, 0.2) is 103 Å². The molecular formula is C33H33N3O3S. The van der Waals surface area contributed by atoms with E-state index in [2.05, 4.69) is 48.9 Å². The molecule has 204 valence electrons. The molecule has 0 aliphatic carbocycles. The Kier molecular flexibility index (Phi) is 9.30. The lowest BCUT2D eigenvalue weighted by atomic mass is 9.87. The third-order valence-electron chi connectivity index (χ3n) is 6.24. The van der Waals surface area contributed by atoms with Crippen LogP contribution in [0, 0.1) is 0 Å². The number of carbonyl (C=O) groups is 2. The van der Waals surface area contributed by atoms with E-state index in [0.29, 0.717) is 34.9 Å². The normalized spacial score (nSPS) is 10.9. The van der Waals surface area contributed by atoms with E-state index in [1.165, 1.54) is 5.56 Å². The van der Waals surface area contributed by atoms with Crippen LogP contribution in [0.3, 0.4) is 0 Å². The number of hydrogen-bond acceptors (Lipinski definition) is 4. The number of benzene rings is 4. The summed E-state index contributed by atoms with van der Waals surface area (Å²) in [4.78, 5) is 25.4. The van der Waals surface area contributed by atoms with Gasteiger partial charge in [-0.15, -0.1) is 0 Å². The second-order valence-electron chi connectivity index (χ2n) is 10.4. The highest BCUT2D eigenvalue weighted by molar-refractivity contribution is 7.80. The lowest BCUT2D eigenvalue weighted by molar-refractivity contribution is 0.0976. The molecule has 0 aliphatic rings. The first-order valence-electron chi connectivity index (χ1n) is 13.1. The van der Waals surface area contributed by atoms with Crippen LogP contribution in [0.25, 0.3) is 0 Å². The fourth-order valence-corrected chi connectivity index (χ4v) is 4.18. The Morgan fingerprint density at radius 2 is 1.32 bits per heavy atom. The Bertz CT molecular complexity index is 1460. The molecule has 0 atom stereocenters. The second-order valence-corrected chi connectivity index (χ2v) is 10.8. The van der Waals surface area contributed by atoms with E-state index in [4.69, 9.17) is 17.0 Å². The molecule has 0 bridgehead atoms. The highest BCUT2D eigenvalue weighted by Crippen LogP contribution is 2.23. The number of hydrogen-bond donors (Lipinski definition) is 3. The lowest BCUT2D eigenvalue weighted by Gasteiger charge is -2.19. The van der Waals surface area contributed by atoms with E-state index in [1.807, 2.05) is 42.5 Å². The maximum absolute atomic E-state index is 12.7. The molecule has 0 aliphatic heterocycles. The van der Waals surface area contributed by atoms with Crippen molar-refractivity contribution in [2.45, 2.75) is 32.6 Å². The van der Waals surface area contributed by atoms with Crippen molar-refractivity contribution in [2.24, 2.45) is 0 Å². The maximum atomic E-state index is 12.7. The van der Waals surface area contributed by atoms with Crippen molar-refractivity contribution < 1.29 is 14.3 Å². The molecule has 0 radical (unpaired) electrons. The van der Waals surface area contributed by atoms with E-state index in [-0.39, 0.29) is 22.3 Å². The number of rotatable bonds is 8. The predicted octanol–water partition coefficient (Wildman–Crippen LogP) is 6.98. The van der Waals surface area contributed by atoms with Gasteiger partial charge in [0, 0.05) is 28.9 Å². The first kappa shape index (κ1) is 28.5. The lowest BCUT2D eigenvalue weighted by Crippen LogP contribution is -2.34. The second kappa shape index (κ2) is 13.0. The fraction of sp³-hybridized carbons (Fsp3) is 0.182. The van der Waals surface area contributed by atoms with E-state index >= 15 is 0 Å². The molecule has 0 fully saturated rings. The van der Waals surface area contributed by atoms with E-state index in [0.717, 1.165) is 12.0 Å². The highest BCUT2D eigenvalue weighted by atomic mass is 32.1. The Hall–Kier alpha value is -4.49. The fourth-order valence-electron chi connectivity index (χ4n) is 3.97. The quantitative estimate of drug-likeness (QED) is 0.206. The molecule has 0 saturated carbocycles. The molecule has 7 heteroatoms. The smallest absolute Gasteiger partial charge is 0.257 e. The van der Waals surface area contributed by atoms with Gasteiger partial charge in [-0.3, -0.25) is 14.9 Å². The molecule has 40 heavy (non-hydrogen) atoms. The first-order chi connectivity index (χ1) is 19.2. The highest BCUT2D eigenvalue weighted by Gasteiger charge is 2.15. The minimum atomic E-state index is -0.337. The van der Waals surface area contributed by atoms with Gasteiger partial charge in [-0.2, -0.15) is 0 Å². The summed E-state index contributed by atoms with van der Waals surface area (Å²) in [5.74, 6) is 0.148. The van der Waals surface area contributed by atoms with Gasteiger partial charge < -0.3 is 15.4 Å². The van der Waals surface area contributed by atoms with Crippen molar-refractivity contribution in [2.75, 3.05) is 17.2 Å². The number of nitrogens with one attached hydrogen (secondary N) is 3. The van der Waals surface area contributed by atoms with Crippen LogP contribution in [0.4, 0.5) is 11.4 Å². The number of carbonyl (C=O) groups excluding carboxylic acids is 2. The Balaban J connectivity index is 1.27. The zero-order chi connectivity index (χ0) is 28.5. The van der Waals surface area contributed by atoms with Gasteiger partial charge in [-0.05, 0) is 83.4 Å². The molecular weight excluding hydrogens is 518 g/mol. The summed E-state index contributed by atoms with van der Waals surface area (Å²) in [7, 11) is 0. The molecule has 4 rings (SSSR count). The van der Waals surface area contributed by atoms with Crippen molar-refractivity contribution in [1.29, 1.82) is 0 Å². The van der Waals surface area contributed by atoms with Crippen molar-refractivity contribution in [3.8, 4) is 5.75 Å². The third kappa shape index (κ3) is 8.25. The minimum Gasteiger partial charge on any atom is -0.493 e. The van der Waals surface area contributed by atoms with Gasteiger partial charge in [0.25, 0.3) is 11.8 Å². The number of ether oxygens (including phenoxy) is 1. The summed E-state index contributed by atoms with van der Waals surface area (Å²) in [6.07, 6.45) is 0.804. The molecule has 0 spiro atoms. The van der Waals surface area contributed by atoms with Crippen molar-refractivity contribution >= 4 is 40.5 Å². The van der Waals surface area contributed by atoms with Crippen molar-refractivity contribution in [3.05, 3.63) is 125 Å². The van der Waals surface area contributed by atoms with Crippen LogP contribution >= 0.6 is 12.2 Å². The molecule has 6 nitrogen and oxygen atoms in total. The van der Waals surface area contributed by atoms with Crippen LogP contribution in [-0.2, 0) is 11.8 Å². The van der Waals surface area contributed by atoms with Crippen LogP contribution < -0.4 is 20.7 Å². The number of amides is 2. The van der Waals surface area contributed by atoms with Crippen LogP contribution in [0.2, 0.25) is 0 Å². The molecule has 2 amide bonds. The molecule has 0 aromatic heterocycles. The van der Waals surface area contributed by atoms with E-state index in [1.54, 1.807) is 48.5 Å². The van der Waals surface area contributed by atoms with Gasteiger partial charge in [0.15, 0.2) is 5.11 Å². The minimum absolute atomic E-state index is 0.0172. The summed E-state index contributed by atoms with van der Waals surface area (Å²) in [6.45, 7) is 6.94. The van der Waals surface area contributed by atoms with Crippen LogP contribution in [-0.4, -0.2) is 23.5 Å². The largest absolute Gasteiger partial charge is 0.493 e. The maximum Gasteiger partial charge on any atom is 0.257 e. The molecule has 4 aromatic rings. The van der Waals surface area contributed by atoms with Crippen molar-refractivity contribution in [1.82, 2.24) is 5.32 Å². The predicted molar refractivity (Wildman–Crippen MR) is 165 cm³/mol. The average Bonchev–Trinajstić information content (AvgIpc) is 2.93. The standard InChI is InChI=1S/C33H33N3O3S/c1-33(2,3)26-16-12-24(13-17-26)30(37)34-27-10-7-11-28(22-27)35-32(40)36-31(38)25-14-18-29(19-15-25)39-21-20-23-8-5-4-6-9-23/h4-19,22H,20-21H2,1-3H3,(H,34,37)(H2,35,36,38,40). The van der Waals surface area contributed by atoms with Crippen LogP contribution in [0.5, 0.6) is 5.75 Å². The van der Waals surface area contributed by atoms with Crippen LogP contribution in [0.1, 0.15) is 52.6 Å². The zero-order valence-corrected chi connectivity index (χ0v) is 23.7. The first-order valence-corrected chi connectivity index (χ1v) is 13.5. The molecule has 3 N–H and O–H groups in total. The zero-order valence-electron chi connectivity index (χ0n) is 22.9. The van der Waals surface area contributed by atoms with Gasteiger partial charge in [-0.25, -0.2) is 0 Å². The Labute approximate surface area is 240 Å². The molecule has 0 saturated heterocycles. The summed E-state index contributed by atoms with van der Waals surface area (Å²) in [6, 6.07) is 31.8. The number of thiocarbonyl (C=S) groups is 1. The third-order valence-corrected chi connectivity index (χ3v) is 6.44. The van der Waals surface area contributed by atoms with Gasteiger partial charge >= 0.3 is 0 Å². The van der Waals surface area contributed by atoms with Gasteiger partial charge in [-0.1, -0.05) is 69.3 Å². The Morgan fingerprint density at radius 1 is 0.725 bits per heavy atom. The number of anilines is 2. The van der Waals surface area contributed by atoms with E-state index < -0.39 is 0 Å². The van der Waals surface area contributed by atoms with Gasteiger partial charge in [0.2, 0.25) is 0 Å². The summed E-state index contributed by atoms with van der Waals surface area (Å²) >= 11 is 5.34. The van der Waals surface area contributed by atoms with Gasteiger partial charge in [0.05, 0.1) is 6.61 Å². The monoisotopic (exact) mass is 551 g/mol. The van der Waals surface area contributed by atoms with Gasteiger partial charge in [0.1, 0.15) is 5.75 Å². The average molecular weight is 552 g/mol. The Morgan fingerprint density at radius 3 is 1.98 bits per heavy atom.